The molecule has 0 bridgehead atoms. The van der Waals surface area contributed by atoms with Crippen LogP contribution in [0.5, 0.6) is 0 Å². The molecule has 1 fully saturated rings. The van der Waals surface area contributed by atoms with E-state index in [1.807, 2.05) is 0 Å². The molecule has 1 N–H and O–H groups in total. The van der Waals surface area contributed by atoms with Gasteiger partial charge in [-0.05, 0) is 6.42 Å². The van der Waals surface area contributed by atoms with Crippen LogP contribution < -0.4 is 0 Å². The first-order valence-corrected chi connectivity index (χ1v) is 3.92. The SMILES string of the molecule is CC(C)C(=O)O.O=C1CCCO1. The lowest BCUT2D eigenvalue weighted by Gasteiger charge is -1.89. The topological polar surface area (TPSA) is 63.6 Å². The van der Waals surface area contributed by atoms with Gasteiger partial charge >= 0.3 is 11.9 Å². The molecule has 1 aliphatic heterocycles. The highest BCUT2D eigenvalue weighted by Crippen LogP contribution is 2.01. The van der Waals surface area contributed by atoms with Gasteiger partial charge in [0.1, 0.15) is 0 Å². The molecule has 0 aromatic rings. The van der Waals surface area contributed by atoms with Gasteiger partial charge in [0.15, 0.2) is 0 Å². The summed E-state index contributed by atoms with van der Waals surface area (Å²) in [6, 6.07) is 0. The second-order valence-electron chi connectivity index (χ2n) is 2.82. The number of rotatable bonds is 1. The van der Waals surface area contributed by atoms with Crippen molar-refractivity contribution in [1.29, 1.82) is 0 Å². The fourth-order valence-electron chi connectivity index (χ4n) is 0.475. The van der Waals surface area contributed by atoms with Crippen LogP contribution >= 0.6 is 0 Å². The molecule has 0 saturated carbocycles. The highest BCUT2D eigenvalue weighted by Gasteiger charge is 2.08. The van der Waals surface area contributed by atoms with Gasteiger partial charge in [0, 0.05) is 6.42 Å². The largest absolute Gasteiger partial charge is 0.481 e. The quantitative estimate of drug-likeness (QED) is 0.603. The summed E-state index contributed by atoms with van der Waals surface area (Å²) in [6.45, 7) is 3.92. The van der Waals surface area contributed by atoms with Crippen LogP contribution in [0.25, 0.3) is 0 Å². The summed E-state index contributed by atoms with van der Waals surface area (Å²) in [5, 5.41) is 7.99. The Bertz CT molecular complexity index is 152. The fourth-order valence-corrected chi connectivity index (χ4v) is 0.475. The van der Waals surface area contributed by atoms with E-state index in [1.165, 1.54) is 0 Å². The third kappa shape index (κ3) is 5.70. The number of carbonyl (C=O) groups excluding carboxylic acids is 1. The van der Waals surface area contributed by atoms with Crippen LogP contribution in [-0.4, -0.2) is 23.7 Å². The van der Waals surface area contributed by atoms with Crippen molar-refractivity contribution in [2.45, 2.75) is 26.7 Å². The first kappa shape index (κ1) is 10.9. The summed E-state index contributed by atoms with van der Waals surface area (Å²) in [6.07, 6.45) is 1.54. The maximum Gasteiger partial charge on any atom is 0.305 e. The van der Waals surface area contributed by atoms with Crippen molar-refractivity contribution in [2.24, 2.45) is 5.92 Å². The van der Waals surface area contributed by atoms with E-state index < -0.39 is 5.97 Å². The summed E-state index contributed by atoms with van der Waals surface area (Å²) in [5.41, 5.74) is 0. The summed E-state index contributed by atoms with van der Waals surface area (Å²) >= 11 is 0. The average Bonchev–Trinajstić information content (AvgIpc) is 2.40. The summed E-state index contributed by atoms with van der Waals surface area (Å²) in [4.78, 5) is 19.7. The number of carboxylic acids is 1. The van der Waals surface area contributed by atoms with Gasteiger partial charge in [-0.25, -0.2) is 0 Å². The van der Waals surface area contributed by atoms with E-state index in [9.17, 15) is 9.59 Å². The molecule has 1 heterocycles. The normalized spacial score (nSPS) is 15.1. The van der Waals surface area contributed by atoms with Crippen LogP contribution in [0.1, 0.15) is 26.7 Å². The third-order valence-electron chi connectivity index (χ3n) is 1.28. The van der Waals surface area contributed by atoms with Crippen molar-refractivity contribution in [3.63, 3.8) is 0 Å². The number of esters is 1. The van der Waals surface area contributed by atoms with E-state index in [1.54, 1.807) is 13.8 Å². The van der Waals surface area contributed by atoms with Crippen molar-refractivity contribution in [1.82, 2.24) is 0 Å². The number of hydrogen-bond donors (Lipinski definition) is 1. The molecule has 0 radical (unpaired) electrons. The van der Waals surface area contributed by atoms with Crippen molar-refractivity contribution >= 4 is 11.9 Å². The lowest BCUT2D eigenvalue weighted by Crippen LogP contribution is -2.03. The number of cyclic esters (lactones) is 1. The molecule has 70 valence electrons. The second-order valence-corrected chi connectivity index (χ2v) is 2.82. The fraction of sp³-hybridized carbons (Fsp3) is 0.750. The van der Waals surface area contributed by atoms with Crippen LogP contribution in [0.15, 0.2) is 0 Å². The monoisotopic (exact) mass is 174 g/mol. The number of carbonyl (C=O) groups is 2. The molecule has 0 unspecified atom stereocenters. The minimum Gasteiger partial charge on any atom is -0.481 e. The first-order valence-electron chi connectivity index (χ1n) is 3.92. The van der Waals surface area contributed by atoms with E-state index in [0.29, 0.717) is 13.0 Å². The van der Waals surface area contributed by atoms with Crippen molar-refractivity contribution < 1.29 is 19.4 Å². The Morgan fingerprint density at radius 3 is 2.17 bits per heavy atom. The maximum atomic E-state index is 10.0. The standard InChI is InChI=1S/C4H6O2.C4H8O2/c5-4-2-1-3-6-4;1-3(2)4(5)6/h1-3H2;3H,1-2H3,(H,5,6). The molecule has 4 heteroatoms. The molecule has 1 aliphatic rings. The van der Waals surface area contributed by atoms with E-state index in [0.717, 1.165) is 6.42 Å². The van der Waals surface area contributed by atoms with Gasteiger partial charge in [0.25, 0.3) is 0 Å². The Kier molecular flexibility index (Phi) is 5.08. The van der Waals surface area contributed by atoms with E-state index in [-0.39, 0.29) is 11.9 Å². The van der Waals surface area contributed by atoms with Crippen molar-refractivity contribution in [3.05, 3.63) is 0 Å². The predicted molar refractivity (Wildman–Crippen MR) is 42.7 cm³/mol. The molecule has 0 amide bonds. The average molecular weight is 174 g/mol. The van der Waals surface area contributed by atoms with Crippen LogP contribution in [-0.2, 0) is 14.3 Å². The van der Waals surface area contributed by atoms with E-state index >= 15 is 0 Å². The first-order chi connectivity index (χ1) is 5.54. The molecule has 12 heavy (non-hydrogen) atoms. The molecule has 0 spiro atoms. The minimum atomic E-state index is -0.741. The Labute approximate surface area is 71.5 Å². The van der Waals surface area contributed by atoms with Gasteiger partial charge < -0.3 is 9.84 Å². The van der Waals surface area contributed by atoms with Gasteiger partial charge in [-0.15, -0.1) is 0 Å². The number of carboxylic acid groups (broad SMARTS) is 1. The third-order valence-corrected chi connectivity index (χ3v) is 1.28. The van der Waals surface area contributed by atoms with Gasteiger partial charge in [0.2, 0.25) is 0 Å². The van der Waals surface area contributed by atoms with Crippen LogP contribution in [0.4, 0.5) is 0 Å². The van der Waals surface area contributed by atoms with Crippen molar-refractivity contribution in [3.8, 4) is 0 Å². The smallest absolute Gasteiger partial charge is 0.305 e. The minimum absolute atomic E-state index is 0.0463. The Balaban J connectivity index is 0.000000202. The molecular formula is C8H14O4. The number of ether oxygens (including phenoxy) is 1. The number of aliphatic carboxylic acids is 1. The Hall–Kier alpha value is -1.06. The highest BCUT2D eigenvalue weighted by molar-refractivity contribution is 5.70. The van der Waals surface area contributed by atoms with Gasteiger partial charge in [-0.3, -0.25) is 9.59 Å². The highest BCUT2D eigenvalue weighted by atomic mass is 16.5. The zero-order chi connectivity index (χ0) is 9.56. The number of hydrogen-bond acceptors (Lipinski definition) is 3. The summed E-state index contributed by atoms with van der Waals surface area (Å²) in [7, 11) is 0. The molecule has 0 aromatic heterocycles. The van der Waals surface area contributed by atoms with Crippen molar-refractivity contribution in [2.75, 3.05) is 6.61 Å². The molecule has 0 atom stereocenters. The van der Waals surface area contributed by atoms with E-state index in [2.05, 4.69) is 4.74 Å². The van der Waals surface area contributed by atoms with Gasteiger partial charge in [-0.2, -0.15) is 0 Å². The predicted octanol–water partition coefficient (Wildman–Crippen LogP) is 1.05. The lowest BCUT2D eigenvalue weighted by molar-refractivity contribution is -0.140. The van der Waals surface area contributed by atoms with E-state index in [4.69, 9.17) is 5.11 Å². The molecular weight excluding hydrogens is 160 g/mol. The van der Waals surface area contributed by atoms with Crippen LogP contribution in [0.3, 0.4) is 0 Å². The van der Waals surface area contributed by atoms with Gasteiger partial charge in [0.05, 0.1) is 12.5 Å². The molecule has 1 rings (SSSR count). The lowest BCUT2D eigenvalue weighted by atomic mass is 10.2. The zero-order valence-corrected chi connectivity index (χ0v) is 7.37. The second kappa shape index (κ2) is 5.57. The Morgan fingerprint density at radius 1 is 1.58 bits per heavy atom. The Morgan fingerprint density at radius 2 is 2.08 bits per heavy atom. The van der Waals surface area contributed by atoms with Gasteiger partial charge in [-0.1, -0.05) is 13.8 Å². The van der Waals surface area contributed by atoms with Crippen LogP contribution in [0, 0.1) is 5.92 Å². The zero-order valence-electron chi connectivity index (χ0n) is 7.37. The maximum absolute atomic E-state index is 10.0. The molecule has 4 nitrogen and oxygen atoms in total. The molecule has 0 aliphatic carbocycles. The molecule has 1 saturated heterocycles. The summed E-state index contributed by atoms with van der Waals surface area (Å²) in [5.74, 6) is -1.02. The summed E-state index contributed by atoms with van der Waals surface area (Å²) < 4.78 is 4.51. The van der Waals surface area contributed by atoms with Crippen LogP contribution in [0.2, 0.25) is 0 Å². The molecule has 0 aromatic carbocycles.